The van der Waals surface area contributed by atoms with Crippen molar-refractivity contribution in [1.29, 1.82) is 0 Å². The number of esters is 1. The van der Waals surface area contributed by atoms with Gasteiger partial charge in [-0.2, -0.15) is 0 Å². The molecule has 5 heteroatoms. The number of hydrogen-bond donors (Lipinski definition) is 0. The van der Waals surface area contributed by atoms with E-state index in [1.807, 2.05) is 0 Å². The van der Waals surface area contributed by atoms with E-state index in [-0.39, 0.29) is 22.8 Å². The molecule has 17 heavy (non-hydrogen) atoms. The van der Waals surface area contributed by atoms with Crippen molar-refractivity contribution in [2.24, 2.45) is 5.92 Å². The van der Waals surface area contributed by atoms with Crippen LogP contribution in [0.2, 0.25) is 5.02 Å². The van der Waals surface area contributed by atoms with Crippen LogP contribution in [0.25, 0.3) is 0 Å². The highest BCUT2D eigenvalue weighted by Crippen LogP contribution is 2.40. The first kappa shape index (κ1) is 12.0. The largest absolute Gasteiger partial charge is 0.456 e. The second-order valence-corrected chi connectivity index (χ2v) is 4.37. The Balaban J connectivity index is 2.45. The maximum absolute atomic E-state index is 13.7. The van der Waals surface area contributed by atoms with Crippen molar-refractivity contribution < 1.29 is 18.7 Å². The Morgan fingerprint density at radius 3 is 2.82 bits per heavy atom. The van der Waals surface area contributed by atoms with E-state index in [9.17, 15) is 14.0 Å². The van der Waals surface area contributed by atoms with E-state index in [4.69, 9.17) is 16.3 Å². The van der Waals surface area contributed by atoms with Gasteiger partial charge in [0.25, 0.3) is 0 Å². The number of Topliss-reactive ketones (excluding diaryl/α,β-unsaturated/α-hetero) is 1. The molecule has 0 N–H and O–H groups in total. The summed E-state index contributed by atoms with van der Waals surface area (Å²) < 4.78 is 18.7. The van der Waals surface area contributed by atoms with E-state index < -0.39 is 23.8 Å². The van der Waals surface area contributed by atoms with Gasteiger partial charge >= 0.3 is 5.97 Å². The summed E-state index contributed by atoms with van der Waals surface area (Å²) in [7, 11) is 0. The monoisotopic (exact) mass is 256 g/mol. The van der Waals surface area contributed by atoms with Gasteiger partial charge in [-0.25, -0.2) is 4.39 Å². The molecule has 0 radical (unpaired) electrons. The molecule has 1 fully saturated rings. The number of cyclic esters (lactones) is 1. The number of ketones is 1. The molecule has 0 aromatic heterocycles. The number of carbonyl (C=O) groups excluding carboxylic acids is 2. The second-order valence-electron chi connectivity index (χ2n) is 3.97. The lowest BCUT2D eigenvalue weighted by Gasteiger charge is -2.17. The molecule has 0 amide bonds. The summed E-state index contributed by atoms with van der Waals surface area (Å²) in [4.78, 5) is 22.6. The quantitative estimate of drug-likeness (QED) is 0.764. The van der Waals surface area contributed by atoms with Crippen LogP contribution in [0.15, 0.2) is 18.2 Å². The molecule has 1 aliphatic rings. The molecular formula is C12H10ClFO3. The molecule has 1 heterocycles. The minimum absolute atomic E-state index is 0.0232. The van der Waals surface area contributed by atoms with E-state index in [0.717, 1.165) is 0 Å². The highest BCUT2D eigenvalue weighted by atomic mass is 35.5. The molecule has 1 saturated heterocycles. The highest BCUT2D eigenvalue weighted by Gasteiger charge is 2.41. The van der Waals surface area contributed by atoms with Gasteiger partial charge < -0.3 is 4.74 Å². The number of halogens is 2. The van der Waals surface area contributed by atoms with Gasteiger partial charge in [-0.1, -0.05) is 17.7 Å². The Bertz CT molecular complexity index is 466. The summed E-state index contributed by atoms with van der Waals surface area (Å²) in [5.74, 6) is -1.94. The normalized spacial score (nSPS) is 23.6. The Hall–Kier alpha value is -1.42. The van der Waals surface area contributed by atoms with E-state index >= 15 is 0 Å². The summed E-state index contributed by atoms with van der Waals surface area (Å²) in [6, 6.07) is 4.19. The van der Waals surface area contributed by atoms with Gasteiger partial charge in [0.15, 0.2) is 0 Å². The molecule has 0 saturated carbocycles. The molecule has 0 spiro atoms. The van der Waals surface area contributed by atoms with Gasteiger partial charge in [-0.15, -0.1) is 0 Å². The summed E-state index contributed by atoms with van der Waals surface area (Å²) in [6.07, 6.45) is -0.932. The Morgan fingerprint density at radius 1 is 1.53 bits per heavy atom. The molecule has 2 atom stereocenters. The molecular weight excluding hydrogens is 247 g/mol. The maximum Gasteiger partial charge on any atom is 0.307 e. The summed E-state index contributed by atoms with van der Waals surface area (Å²) in [5, 5.41) is 0.163. The fourth-order valence-corrected chi connectivity index (χ4v) is 2.23. The zero-order chi connectivity index (χ0) is 12.6. The molecule has 0 aliphatic carbocycles. The van der Waals surface area contributed by atoms with E-state index in [0.29, 0.717) is 0 Å². The average molecular weight is 257 g/mol. The Kier molecular flexibility index (Phi) is 3.15. The Labute approximate surface area is 103 Å². The van der Waals surface area contributed by atoms with Crippen molar-refractivity contribution >= 4 is 23.4 Å². The van der Waals surface area contributed by atoms with Crippen LogP contribution in [0.1, 0.15) is 25.0 Å². The van der Waals surface area contributed by atoms with Crippen molar-refractivity contribution in [3.05, 3.63) is 34.6 Å². The number of rotatable bonds is 2. The van der Waals surface area contributed by atoms with Crippen molar-refractivity contribution in [2.45, 2.75) is 19.4 Å². The van der Waals surface area contributed by atoms with E-state index in [1.165, 1.54) is 25.1 Å². The number of ether oxygens (including phenoxy) is 1. The number of carbonyl (C=O) groups is 2. The van der Waals surface area contributed by atoms with Crippen molar-refractivity contribution in [3.63, 3.8) is 0 Å². The summed E-state index contributed by atoms with van der Waals surface area (Å²) in [6.45, 7) is 1.36. The van der Waals surface area contributed by atoms with Gasteiger partial charge in [0, 0.05) is 5.56 Å². The minimum Gasteiger partial charge on any atom is -0.456 e. The number of hydrogen-bond acceptors (Lipinski definition) is 3. The summed E-state index contributed by atoms with van der Waals surface area (Å²) >= 11 is 5.88. The third-order valence-corrected chi connectivity index (χ3v) is 3.15. The lowest BCUT2D eigenvalue weighted by molar-refractivity contribution is -0.141. The molecule has 1 aromatic carbocycles. The van der Waals surface area contributed by atoms with Crippen LogP contribution >= 0.6 is 11.6 Å². The van der Waals surface area contributed by atoms with Gasteiger partial charge in [-0.3, -0.25) is 9.59 Å². The van der Waals surface area contributed by atoms with Crippen molar-refractivity contribution in [2.75, 3.05) is 0 Å². The van der Waals surface area contributed by atoms with Gasteiger partial charge in [0.2, 0.25) is 0 Å². The maximum atomic E-state index is 13.7. The third kappa shape index (κ3) is 2.17. The van der Waals surface area contributed by atoms with Crippen LogP contribution in [-0.4, -0.2) is 11.8 Å². The lowest BCUT2D eigenvalue weighted by atomic mass is 9.92. The minimum atomic E-state index is -0.909. The van der Waals surface area contributed by atoms with Crippen LogP contribution in [0.4, 0.5) is 4.39 Å². The fourth-order valence-electron chi connectivity index (χ4n) is 1.96. The predicted molar refractivity (Wildman–Crippen MR) is 59.0 cm³/mol. The van der Waals surface area contributed by atoms with Crippen LogP contribution in [0, 0.1) is 11.7 Å². The third-order valence-electron chi connectivity index (χ3n) is 2.82. The van der Waals surface area contributed by atoms with Crippen LogP contribution < -0.4 is 0 Å². The van der Waals surface area contributed by atoms with E-state index in [2.05, 4.69) is 0 Å². The summed E-state index contributed by atoms with van der Waals surface area (Å²) in [5.41, 5.74) is 0.0835. The van der Waals surface area contributed by atoms with Gasteiger partial charge in [-0.05, 0) is 19.1 Å². The zero-order valence-electron chi connectivity index (χ0n) is 9.07. The smallest absolute Gasteiger partial charge is 0.307 e. The first-order chi connectivity index (χ1) is 8.00. The number of benzene rings is 1. The molecule has 3 nitrogen and oxygen atoms in total. The highest BCUT2D eigenvalue weighted by molar-refractivity contribution is 6.31. The first-order valence-electron chi connectivity index (χ1n) is 5.14. The van der Waals surface area contributed by atoms with Crippen LogP contribution in [-0.2, 0) is 14.3 Å². The second kappa shape index (κ2) is 4.45. The molecule has 2 rings (SSSR count). The first-order valence-corrected chi connectivity index (χ1v) is 5.52. The van der Waals surface area contributed by atoms with Crippen LogP contribution in [0.5, 0.6) is 0 Å². The molecule has 90 valence electrons. The van der Waals surface area contributed by atoms with Crippen molar-refractivity contribution in [1.82, 2.24) is 0 Å². The zero-order valence-corrected chi connectivity index (χ0v) is 9.83. The predicted octanol–water partition coefficient (Wildman–Crippen LogP) is 2.67. The molecule has 0 bridgehead atoms. The van der Waals surface area contributed by atoms with Crippen molar-refractivity contribution in [3.8, 4) is 0 Å². The lowest BCUT2D eigenvalue weighted by Crippen LogP contribution is -2.16. The van der Waals surface area contributed by atoms with Crippen LogP contribution in [0.3, 0.4) is 0 Å². The standard InChI is InChI=1S/C12H10ClFO3/c1-6(15)7-5-10(16)17-12(7)11-8(13)3-2-4-9(11)14/h2-4,7,12H,5H2,1H3/t7-,12+/m1/s1. The molecule has 0 unspecified atom stereocenters. The van der Waals surface area contributed by atoms with Gasteiger partial charge in [0.1, 0.15) is 17.7 Å². The average Bonchev–Trinajstić information content (AvgIpc) is 2.60. The Morgan fingerprint density at radius 2 is 2.24 bits per heavy atom. The fraction of sp³-hybridized carbons (Fsp3) is 0.333. The van der Waals surface area contributed by atoms with Gasteiger partial charge in [0.05, 0.1) is 17.4 Å². The molecule has 1 aromatic rings. The van der Waals surface area contributed by atoms with E-state index in [1.54, 1.807) is 0 Å². The molecule has 1 aliphatic heterocycles. The topological polar surface area (TPSA) is 43.4 Å². The SMILES string of the molecule is CC(=O)[C@H]1CC(=O)O[C@@H]1c1c(F)cccc1Cl.